The molecule has 0 amide bonds. The Bertz CT molecular complexity index is 235. The summed E-state index contributed by atoms with van der Waals surface area (Å²) in [6.45, 7) is 12.5. The second kappa shape index (κ2) is 7.46. The minimum atomic E-state index is 0.0511. The zero-order chi connectivity index (χ0) is 13.6. The molecule has 0 aromatic rings. The van der Waals surface area contributed by atoms with Crippen LogP contribution in [0.4, 0.5) is 0 Å². The smallest absolute Gasteiger partial charge is 0.0777 e. The van der Waals surface area contributed by atoms with E-state index in [-0.39, 0.29) is 5.60 Å². The van der Waals surface area contributed by atoms with Crippen molar-refractivity contribution < 1.29 is 4.74 Å². The lowest BCUT2D eigenvalue weighted by Crippen LogP contribution is -2.56. The minimum absolute atomic E-state index is 0.0511. The molecule has 0 aromatic carbocycles. The number of rotatable bonds is 7. The van der Waals surface area contributed by atoms with Crippen molar-refractivity contribution >= 4 is 0 Å². The fourth-order valence-electron chi connectivity index (χ4n) is 3.00. The van der Waals surface area contributed by atoms with Crippen molar-refractivity contribution in [2.75, 3.05) is 26.7 Å². The van der Waals surface area contributed by atoms with Crippen LogP contribution in [0.5, 0.6) is 0 Å². The molecule has 3 unspecified atom stereocenters. The Balaban J connectivity index is 2.55. The Morgan fingerprint density at radius 3 is 2.67 bits per heavy atom. The van der Waals surface area contributed by atoms with E-state index in [0.717, 1.165) is 13.1 Å². The number of piperidine rings is 1. The van der Waals surface area contributed by atoms with Gasteiger partial charge in [0.05, 0.1) is 5.60 Å². The summed E-state index contributed by atoms with van der Waals surface area (Å²) < 4.78 is 5.69. The first-order valence-electron chi connectivity index (χ1n) is 7.59. The molecule has 1 fully saturated rings. The predicted molar refractivity (Wildman–Crippen MR) is 78.1 cm³/mol. The molecule has 0 spiro atoms. The van der Waals surface area contributed by atoms with E-state index in [1.54, 1.807) is 0 Å². The Labute approximate surface area is 113 Å². The van der Waals surface area contributed by atoms with E-state index < -0.39 is 0 Å². The summed E-state index contributed by atoms with van der Waals surface area (Å²) >= 11 is 0. The quantitative estimate of drug-likeness (QED) is 0.758. The highest BCUT2D eigenvalue weighted by Gasteiger charge is 2.34. The zero-order valence-corrected chi connectivity index (χ0v) is 13.0. The van der Waals surface area contributed by atoms with Gasteiger partial charge >= 0.3 is 0 Å². The van der Waals surface area contributed by atoms with Gasteiger partial charge in [-0.05, 0) is 52.6 Å². The van der Waals surface area contributed by atoms with Crippen LogP contribution in [-0.2, 0) is 4.74 Å². The molecule has 1 saturated heterocycles. The van der Waals surface area contributed by atoms with Crippen LogP contribution in [0.15, 0.2) is 0 Å². The Hall–Kier alpha value is -0.120. The summed E-state index contributed by atoms with van der Waals surface area (Å²) in [6.07, 6.45) is 4.84. The molecular weight excluding hydrogens is 224 g/mol. The van der Waals surface area contributed by atoms with Gasteiger partial charge in [0.1, 0.15) is 0 Å². The fraction of sp³-hybridized carbons (Fsp3) is 1.00. The molecule has 108 valence electrons. The summed E-state index contributed by atoms with van der Waals surface area (Å²) in [4.78, 5) is 2.60. The SMILES string of the molecule is CCCNC(CC)C(C)N1CCCC(C)(OC)C1. The Kier molecular flexibility index (Phi) is 6.61. The number of ether oxygens (including phenoxy) is 1. The lowest BCUT2D eigenvalue weighted by atomic mass is 9.92. The maximum atomic E-state index is 5.69. The van der Waals surface area contributed by atoms with Crippen molar-refractivity contribution in [3.05, 3.63) is 0 Å². The molecule has 0 aliphatic carbocycles. The maximum absolute atomic E-state index is 5.69. The molecular formula is C15H32N2O. The lowest BCUT2D eigenvalue weighted by molar-refractivity contribution is -0.0629. The van der Waals surface area contributed by atoms with Gasteiger partial charge in [-0.1, -0.05) is 13.8 Å². The second-order valence-electron chi connectivity index (χ2n) is 5.94. The lowest BCUT2D eigenvalue weighted by Gasteiger charge is -2.44. The van der Waals surface area contributed by atoms with Crippen LogP contribution in [0.25, 0.3) is 0 Å². The van der Waals surface area contributed by atoms with Gasteiger partial charge in [0, 0.05) is 25.7 Å². The first-order valence-corrected chi connectivity index (χ1v) is 7.59. The second-order valence-corrected chi connectivity index (χ2v) is 5.94. The number of methoxy groups -OCH3 is 1. The molecule has 0 aromatic heterocycles. The highest BCUT2D eigenvalue weighted by Crippen LogP contribution is 2.26. The molecule has 1 N–H and O–H groups in total. The Morgan fingerprint density at radius 2 is 2.11 bits per heavy atom. The number of hydrogen-bond acceptors (Lipinski definition) is 3. The summed E-state index contributed by atoms with van der Waals surface area (Å²) in [5, 5.41) is 3.68. The predicted octanol–water partition coefficient (Wildman–Crippen LogP) is 2.65. The third-order valence-corrected chi connectivity index (χ3v) is 4.44. The van der Waals surface area contributed by atoms with E-state index >= 15 is 0 Å². The standard InChI is InChI=1S/C15H32N2O/c1-6-10-16-14(7-2)13(3)17-11-8-9-15(4,12-17)18-5/h13-14,16H,6-12H2,1-5H3. The molecule has 1 aliphatic rings. The van der Waals surface area contributed by atoms with E-state index in [0.29, 0.717) is 12.1 Å². The fourth-order valence-corrected chi connectivity index (χ4v) is 3.00. The van der Waals surface area contributed by atoms with Gasteiger partial charge in [0.25, 0.3) is 0 Å². The van der Waals surface area contributed by atoms with Gasteiger partial charge in [-0.25, -0.2) is 0 Å². The average Bonchev–Trinajstić information content (AvgIpc) is 2.39. The highest BCUT2D eigenvalue weighted by molar-refractivity contribution is 4.90. The normalized spacial score (nSPS) is 29.2. The average molecular weight is 256 g/mol. The van der Waals surface area contributed by atoms with Crippen molar-refractivity contribution in [2.45, 2.75) is 71.1 Å². The van der Waals surface area contributed by atoms with E-state index in [4.69, 9.17) is 4.74 Å². The molecule has 18 heavy (non-hydrogen) atoms. The van der Waals surface area contributed by atoms with Crippen LogP contribution in [-0.4, -0.2) is 49.3 Å². The number of hydrogen-bond donors (Lipinski definition) is 1. The molecule has 1 heterocycles. The molecule has 3 nitrogen and oxygen atoms in total. The zero-order valence-electron chi connectivity index (χ0n) is 13.0. The van der Waals surface area contributed by atoms with Crippen molar-refractivity contribution in [2.24, 2.45) is 0 Å². The summed E-state index contributed by atoms with van der Waals surface area (Å²) in [5.41, 5.74) is 0.0511. The highest BCUT2D eigenvalue weighted by atomic mass is 16.5. The number of likely N-dealkylation sites (tertiary alicyclic amines) is 1. The minimum Gasteiger partial charge on any atom is -0.377 e. The third-order valence-electron chi connectivity index (χ3n) is 4.44. The van der Waals surface area contributed by atoms with Crippen LogP contribution >= 0.6 is 0 Å². The van der Waals surface area contributed by atoms with Gasteiger partial charge in [-0.15, -0.1) is 0 Å². The first-order chi connectivity index (χ1) is 8.56. The van der Waals surface area contributed by atoms with Crippen LogP contribution < -0.4 is 5.32 Å². The molecule has 0 saturated carbocycles. The van der Waals surface area contributed by atoms with Gasteiger partial charge in [-0.3, -0.25) is 4.90 Å². The van der Waals surface area contributed by atoms with Gasteiger partial charge < -0.3 is 10.1 Å². The monoisotopic (exact) mass is 256 g/mol. The molecule has 0 radical (unpaired) electrons. The van der Waals surface area contributed by atoms with E-state index in [1.165, 1.54) is 32.2 Å². The van der Waals surface area contributed by atoms with E-state index in [1.807, 2.05) is 7.11 Å². The Morgan fingerprint density at radius 1 is 1.39 bits per heavy atom. The third kappa shape index (κ3) is 4.22. The molecule has 1 aliphatic heterocycles. The van der Waals surface area contributed by atoms with Gasteiger partial charge in [0.15, 0.2) is 0 Å². The van der Waals surface area contributed by atoms with Gasteiger partial charge in [-0.2, -0.15) is 0 Å². The maximum Gasteiger partial charge on any atom is 0.0777 e. The molecule has 1 rings (SSSR count). The van der Waals surface area contributed by atoms with E-state index in [2.05, 4.69) is 37.9 Å². The first kappa shape index (κ1) is 15.9. The van der Waals surface area contributed by atoms with Crippen LogP contribution in [0.1, 0.15) is 53.4 Å². The van der Waals surface area contributed by atoms with Crippen molar-refractivity contribution in [3.63, 3.8) is 0 Å². The number of nitrogens with one attached hydrogen (secondary N) is 1. The van der Waals surface area contributed by atoms with Crippen molar-refractivity contribution in [1.82, 2.24) is 10.2 Å². The van der Waals surface area contributed by atoms with Crippen molar-refractivity contribution in [3.8, 4) is 0 Å². The van der Waals surface area contributed by atoms with Crippen LogP contribution in [0.2, 0.25) is 0 Å². The van der Waals surface area contributed by atoms with Crippen LogP contribution in [0.3, 0.4) is 0 Å². The summed E-state index contributed by atoms with van der Waals surface area (Å²) in [6, 6.07) is 1.19. The van der Waals surface area contributed by atoms with Gasteiger partial charge in [0.2, 0.25) is 0 Å². The molecule has 3 atom stereocenters. The topological polar surface area (TPSA) is 24.5 Å². The van der Waals surface area contributed by atoms with Crippen molar-refractivity contribution in [1.29, 1.82) is 0 Å². The summed E-state index contributed by atoms with van der Waals surface area (Å²) in [5.74, 6) is 0. The number of nitrogens with zero attached hydrogens (tertiary/aromatic N) is 1. The van der Waals surface area contributed by atoms with Crippen LogP contribution in [0, 0.1) is 0 Å². The summed E-state index contributed by atoms with van der Waals surface area (Å²) in [7, 11) is 1.85. The largest absolute Gasteiger partial charge is 0.377 e. The van der Waals surface area contributed by atoms with E-state index in [9.17, 15) is 0 Å². The molecule has 0 bridgehead atoms. The molecule has 3 heteroatoms.